The first-order chi connectivity index (χ1) is 7.52. The lowest BCUT2D eigenvalue weighted by molar-refractivity contribution is 0.287. The summed E-state index contributed by atoms with van der Waals surface area (Å²) in [7, 11) is -3.51. The molecule has 1 aromatic carbocycles. The van der Waals surface area contributed by atoms with Crippen molar-refractivity contribution in [3.63, 3.8) is 0 Å². The first-order valence-electron chi connectivity index (χ1n) is 5.23. The van der Waals surface area contributed by atoms with E-state index in [1.165, 1.54) is 0 Å². The average molecular weight is 235 g/mol. The van der Waals surface area contributed by atoms with Crippen LogP contribution in [-0.2, 0) is 9.84 Å². The highest BCUT2D eigenvalue weighted by atomic mass is 32.2. The van der Waals surface area contributed by atoms with E-state index in [-0.39, 0.29) is 4.90 Å². The summed E-state index contributed by atoms with van der Waals surface area (Å²) in [6.07, 6.45) is 0.890. The van der Waals surface area contributed by atoms with Crippen LogP contribution in [0.25, 0.3) is 0 Å². The first-order valence-corrected chi connectivity index (χ1v) is 6.71. The average Bonchev–Trinajstić information content (AvgIpc) is 2.25. The Morgan fingerprint density at radius 2 is 1.88 bits per heavy atom. The molecule has 0 atom stereocenters. The minimum atomic E-state index is -3.51. The van der Waals surface area contributed by atoms with E-state index >= 15 is 0 Å². The van der Waals surface area contributed by atoms with E-state index in [0.717, 1.165) is 0 Å². The van der Waals surface area contributed by atoms with Crippen LogP contribution in [0.4, 0.5) is 0 Å². The van der Waals surface area contributed by atoms with Crippen LogP contribution in [0.3, 0.4) is 0 Å². The van der Waals surface area contributed by atoms with Crippen molar-refractivity contribution in [1.29, 1.82) is 5.26 Å². The van der Waals surface area contributed by atoms with Gasteiger partial charge in [0.1, 0.15) is 0 Å². The molecule has 1 saturated carbocycles. The predicted octanol–water partition coefficient (Wildman–Crippen LogP) is 2.15. The monoisotopic (exact) mass is 235 g/mol. The second-order valence-electron chi connectivity index (χ2n) is 4.44. The van der Waals surface area contributed by atoms with Gasteiger partial charge in [-0.2, -0.15) is 5.26 Å². The fraction of sp³-hybridized carbons (Fsp3) is 0.417. The third-order valence-electron chi connectivity index (χ3n) is 3.13. The maximum absolute atomic E-state index is 12.3. The van der Waals surface area contributed by atoms with E-state index in [1.807, 2.05) is 13.0 Å². The molecule has 0 heterocycles. The van der Waals surface area contributed by atoms with E-state index in [0.29, 0.717) is 18.8 Å². The van der Waals surface area contributed by atoms with E-state index in [1.54, 1.807) is 30.3 Å². The van der Waals surface area contributed by atoms with Gasteiger partial charge in [0.05, 0.1) is 11.0 Å². The standard InChI is InChI=1S/C12H13NO2S/c1-10-7-12(8-10,9-13)16(14,15)11-5-3-2-4-6-11/h2-6,10H,7-8H2,1H3. The molecule has 3 nitrogen and oxygen atoms in total. The highest BCUT2D eigenvalue weighted by molar-refractivity contribution is 7.93. The van der Waals surface area contributed by atoms with Gasteiger partial charge in [0.25, 0.3) is 0 Å². The summed E-state index contributed by atoms with van der Waals surface area (Å²) >= 11 is 0. The van der Waals surface area contributed by atoms with E-state index < -0.39 is 14.6 Å². The Balaban J connectivity index is 2.45. The van der Waals surface area contributed by atoms with Crippen molar-refractivity contribution in [2.75, 3.05) is 0 Å². The molecule has 0 saturated heterocycles. The lowest BCUT2D eigenvalue weighted by atomic mass is 9.76. The summed E-state index contributed by atoms with van der Waals surface area (Å²) in [4.78, 5) is 0.253. The van der Waals surface area contributed by atoms with Crippen molar-refractivity contribution in [3.8, 4) is 6.07 Å². The van der Waals surface area contributed by atoms with Crippen molar-refractivity contribution >= 4 is 9.84 Å². The van der Waals surface area contributed by atoms with Crippen molar-refractivity contribution in [1.82, 2.24) is 0 Å². The zero-order valence-corrected chi connectivity index (χ0v) is 9.87. The van der Waals surface area contributed by atoms with Gasteiger partial charge in [-0.1, -0.05) is 25.1 Å². The van der Waals surface area contributed by atoms with Gasteiger partial charge in [0.15, 0.2) is 14.6 Å². The molecule has 0 bridgehead atoms. The second-order valence-corrected chi connectivity index (χ2v) is 6.70. The summed E-state index contributed by atoms with van der Waals surface area (Å²) in [5.41, 5.74) is 0. The van der Waals surface area contributed by atoms with Crippen LogP contribution >= 0.6 is 0 Å². The molecule has 4 heteroatoms. The normalized spacial score (nSPS) is 29.1. The Labute approximate surface area is 95.6 Å². The SMILES string of the molecule is CC1CC(C#N)(S(=O)(=O)c2ccccc2)C1. The van der Waals surface area contributed by atoms with Crippen molar-refractivity contribution in [3.05, 3.63) is 30.3 Å². The maximum atomic E-state index is 12.3. The molecule has 0 unspecified atom stereocenters. The molecular weight excluding hydrogens is 222 g/mol. The molecule has 0 aliphatic heterocycles. The van der Waals surface area contributed by atoms with Crippen molar-refractivity contribution in [2.45, 2.75) is 29.4 Å². The van der Waals surface area contributed by atoms with Crippen LogP contribution in [0.15, 0.2) is 35.2 Å². The Kier molecular flexibility index (Phi) is 2.51. The second kappa shape index (κ2) is 3.60. The minimum Gasteiger partial charge on any atom is -0.222 e. The lowest BCUT2D eigenvalue weighted by Crippen LogP contribution is -2.48. The molecule has 1 aliphatic rings. The lowest BCUT2D eigenvalue weighted by Gasteiger charge is -2.39. The Hall–Kier alpha value is -1.34. The predicted molar refractivity (Wildman–Crippen MR) is 60.4 cm³/mol. The van der Waals surface area contributed by atoms with Gasteiger partial charge < -0.3 is 0 Å². The number of sulfone groups is 1. The van der Waals surface area contributed by atoms with E-state index in [4.69, 9.17) is 5.26 Å². The zero-order chi connectivity index (χ0) is 11.8. The maximum Gasteiger partial charge on any atom is 0.197 e. The molecular formula is C12H13NO2S. The quantitative estimate of drug-likeness (QED) is 0.789. The van der Waals surface area contributed by atoms with Gasteiger partial charge in [-0.15, -0.1) is 0 Å². The van der Waals surface area contributed by atoms with Crippen LogP contribution in [0, 0.1) is 17.2 Å². The van der Waals surface area contributed by atoms with Crippen LogP contribution in [0.5, 0.6) is 0 Å². The van der Waals surface area contributed by atoms with Gasteiger partial charge in [0, 0.05) is 0 Å². The number of nitriles is 1. The molecule has 84 valence electrons. The molecule has 1 aromatic rings. The van der Waals surface area contributed by atoms with Crippen LogP contribution in [0.1, 0.15) is 19.8 Å². The fourth-order valence-electron chi connectivity index (χ4n) is 2.26. The number of rotatable bonds is 2. The van der Waals surface area contributed by atoms with Crippen LogP contribution in [-0.4, -0.2) is 13.2 Å². The number of benzene rings is 1. The molecule has 0 spiro atoms. The van der Waals surface area contributed by atoms with Crippen LogP contribution in [0.2, 0.25) is 0 Å². The molecule has 0 N–H and O–H groups in total. The van der Waals surface area contributed by atoms with E-state index in [9.17, 15) is 8.42 Å². The third kappa shape index (κ3) is 1.43. The summed E-state index contributed by atoms with van der Waals surface area (Å²) < 4.78 is 23.4. The first kappa shape index (κ1) is 11.2. The summed E-state index contributed by atoms with van der Waals surface area (Å²) in [6, 6.07) is 10.2. The highest BCUT2D eigenvalue weighted by Crippen LogP contribution is 2.45. The zero-order valence-electron chi connectivity index (χ0n) is 9.05. The molecule has 2 rings (SSSR count). The Bertz CT molecular complexity index is 522. The van der Waals surface area contributed by atoms with Crippen molar-refractivity contribution < 1.29 is 8.42 Å². The molecule has 0 radical (unpaired) electrons. The Morgan fingerprint density at radius 1 is 1.31 bits per heavy atom. The summed E-state index contributed by atoms with van der Waals surface area (Å²) in [6.45, 7) is 1.97. The summed E-state index contributed by atoms with van der Waals surface area (Å²) in [5, 5.41) is 9.12. The molecule has 0 amide bonds. The fourth-order valence-corrected chi connectivity index (χ4v) is 4.36. The van der Waals surface area contributed by atoms with Gasteiger partial charge >= 0.3 is 0 Å². The minimum absolute atomic E-state index is 0.253. The van der Waals surface area contributed by atoms with E-state index in [2.05, 4.69) is 0 Å². The molecule has 1 aliphatic carbocycles. The topological polar surface area (TPSA) is 57.9 Å². The van der Waals surface area contributed by atoms with Crippen molar-refractivity contribution in [2.24, 2.45) is 5.92 Å². The number of nitrogens with zero attached hydrogens (tertiary/aromatic N) is 1. The highest BCUT2D eigenvalue weighted by Gasteiger charge is 2.53. The molecule has 0 aromatic heterocycles. The largest absolute Gasteiger partial charge is 0.222 e. The smallest absolute Gasteiger partial charge is 0.197 e. The van der Waals surface area contributed by atoms with Gasteiger partial charge in [-0.05, 0) is 30.9 Å². The molecule has 1 fully saturated rings. The van der Waals surface area contributed by atoms with Gasteiger partial charge in [0.2, 0.25) is 0 Å². The van der Waals surface area contributed by atoms with Crippen LogP contribution < -0.4 is 0 Å². The number of hydrogen-bond acceptors (Lipinski definition) is 3. The Morgan fingerprint density at radius 3 is 2.31 bits per heavy atom. The van der Waals surface area contributed by atoms with Gasteiger partial charge in [-0.3, -0.25) is 0 Å². The molecule has 16 heavy (non-hydrogen) atoms. The third-order valence-corrected chi connectivity index (χ3v) is 5.47. The number of hydrogen-bond donors (Lipinski definition) is 0. The van der Waals surface area contributed by atoms with Gasteiger partial charge in [-0.25, -0.2) is 8.42 Å². The summed E-state index contributed by atoms with van der Waals surface area (Å²) in [5.74, 6) is 0.318.